The Morgan fingerprint density at radius 2 is 2.05 bits per heavy atom. The largest absolute Gasteiger partial charge is 0.466 e. The molecule has 1 amide bonds. The van der Waals surface area contributed by atoms with Gasteiger partial charge >= 0.3 is 0 Å². The molecule has 1 heterocycles. The molecule has 0 bridgehead atoms. The highest BCUT2D eigenvalue weighted by Gasteiger charge is 2.30. The van der Waals surface area contributed by atoms with Gasteiger partial charge in [-0.1, -0.05) is 24.3 Å². The molecule has 0 fully saturated rings. The van der Waals surface area contributed by atoms with E-state index in [1.165, 1.54) is 11.1 Å². The third kappa shape index (κ3) is 2.03. The maximum absolute atomic E-state index is 12.6. The second-order valence-corrected chi connectivity index (χ2v) is 5.50. The lowest BCUT2D eigenvalue weighted by Gasteiger charge is -2.25. The zero-order valence-corrected chi connectivity index (χ0v) is 12.1. The summed E-state index contributed by atoms with van der Waals surface area (Å²) < 4.78 is 5.47. The average Bonchev–Trinajstić information content (AvgIpc) is 3.00. The van der Waals surface area contributed by atoms with Crippen molar-refractivity contribution in [1.29, 1.82) is 0 Å². The van der Waals surface area contributed by atoms with E-state index in [0.717, 1.165) is 18.6 Å². The number of benzene rings is 1. The van der Waals surface area contributed by atoms with Gasteiger partial charge in [0, 0.05) is 7.05 Å². The molecule has 0 saturated heterocycles. The zero-order valence-electron chi connectivity index (χ0n) is 12.1. The fraction of sp³-hybridized carbons (Fsp3) is 0.353. The number of nitrogens with zero attached hydrogens (tertiary/aromatic N) is 1. The number of rotatable bonds is 2. The van der Waals surface area contributed by atoms with Gasteiger partial charge in [-0.3, -0.25) is 4.79 Å². The third-order valence-electron chi connectivity index (χ3n) is 4.16. The summed E-state index contributed by atoms with van der Waals surface area (Å²) in [6.07, 6.45) is 2.04. The first-order chi connectivity index (χ1) is 9.58. The van der Waals surface area contributed by atoms with Crippen molar-refractivity contribution in [1.82, 2.24) is 4.90 Å². The summed E-state index contributed by atoms with van der Waals surface area (Å²) in [5.74, 6) is 1.53. The van der Waals surface area contributed by atoms with Gasteiger partial charge in [0.15, 0.2) is 0 Å². The highest BCUT2D eigenvalue weighted by atomic mass is 16.3. The third-order valence-corrected chi connectivity index (χ3v) is 4.16. The monoisotopic (exact) mass is 269 g/mol. The molecule has 0 N–H and O–H groups in total. The second-order valence-electron chi connectivity index (χ2n) is 5.50. The summed E-state index contributed by atoms with van der Waals surface area (Å²) in [7, 11) is 1.89. The SMILES string of the molecule is Cc1cc(C(=O)N(C)[C@@H]2CCc3ccccc32)c(C)o1. The van der Waals surface area contributed by atoms with E-state index in [-0.39, 0.29) is 11.9 Å². The molecular formula is C17H19NO2. The van der Waals surface area contributed by atoms with E-state index < -0.39 is 0 Å². The summed E-state index contributed by atoms with van der Waals surface area (Å²) in [5, 5.41) is 0. The van der Waals surface area contributed by atoms with Crippen LogP contribution in [0, 0.1) is 13.8 Å². The van der Waals surface area contributed by atoms with Crippen LogP contribution < -0.4 is 0 Å². The zero-order chi connectivity index (χ0) is 14.3. The maximum Gasteiger partial charge on any atom is 0.257 e. The van der Waals surface area contributed by atoms with Gasteiger partial charge in [-0.2, -0.15) is 0 Å². The minimum atomic E-state index is 0.0426. The number of furan rings is 1. The molecule has 2 aromatic rings. The van der Waals surface area contributed by atoms with Crippen LogP contribution in [-0.2, 0) is 6.42 Å². The molecule has 3 heteroatoms. The average molecular weight is 269 g/mol. The van der Waals surface area contributed by atoms with Crippen LogP contribution in [0.25, 0.3) is 0 Å². The summed E-state index contributed by atoms with van der Waals surface area (Å²) in [5.41, 5.74) is 3.31. The molecule has 1 aromatic heterocycles. The fourth-order valence-electron chi connectivity index (χ4n) is 3.11. The number of fused-ring (bicyclic) bond motifs is 1. The first kappa shape index (κ1) is 13.0. The van der Waals surface area contributed by atoms with Crippen LogP contribution in [0.15, 0.2) is 34.7 Å². The molecular weight excluding hydrogens is 250 g/mol. The van der Waals surface area contributed by atoms with Gasteiger partial charge in [-0.25, -0.2) is 0 Å². The van der Waals surface area contributed by atoms with Crippen LogP contribution in [0.2, 0.25) is 0 Å². The molecule has 3 nitrogen and oxygen atoms in total. The van der Waals surface area contributed by atoms with Gasteiger partial charge in [0.05, 0.1) is 11.6 Å². The van der Waals surface area contributed by atoms with Crippen LogP contribution in [-0.4, -0.2) is 17.9 Å². The Kier molecular flexibility index (Phi) is 3.13. The Hall–Kier alpha value is -2.03. The molecule has 1 aliphatic carbocycles. The van der Waals surface area contributed by atoms with Crippen molar-refractivity contribution in [2.45, 2.75) is 32.7 Å². The quantitative estimate of drug-likeness (QED) is 0.833. The van der Waals surface area contributed by atoms with Gasteiger partial charge in [0.25, 0.3) is 5.91 Å². The first-order valence-corrected chi connectivity index (χ1v) is 7.00. The second kappa shape index (κ2) is 4.82. The highest BCUT2D eigenvalue weighted by molar-refractivity contribution is 5.95. The minimum absolute atomic E-state index is 0.0426. The minimum Gasteiger partial charge on any atom is -0.466 e. The van der Waals surface area contributed by atoms with Crippen molar-refractivity contribution in [2.75, 3.05) is 7.05 Å². The Morgan fingerprint density at radius 1 is 1.30 bits per heavy atom. The lowest BCUT2D eigenvalue weighted by molar-refractivity contribution is 0.0729. The fourth-order valence-corrected chi connectivity index (χ4v) is 3.11. The van der Waals surface area contributed by atoms with Crippen molar-refractivity contribution in [3.63, 3.8) is 0 Å². The van der Waals surface area contributed by atoms with Gasteiger partial charge in [-0.15, -0.1) is 0 Å². The van der Waals surface area contributed by atoms with Crippen molar-refractivity contribution in [3.8, 4) is 0 Å². The summed E-state index contributed by atoms with van der Waals surface area (Å²) in [6.45, 7) is 3.71. The molecule has 0 saturated carbocycles. The highest BCUT2D eigenvalue weighted by Crippen LogP contribution is 2.35. The standard InChI is InChI=1S/C17H19NO2/c1-11-10-15(12(2)20-11)17(19)18(3)16-9-8-13-6-4-5-7-14(13)16/h4-7,10,16H,8-9H2,1-3H3/t16-/m1/s1. The van der Waals surface area contributed by atoms with Gasteiger partial charge < -0.3 is 9.32 Å². The lowest BCUT2D eigenvalue weighted by Crippen LogP contribution is -2.30. The van der Waals surface area contributed by atoms with Crippen molar-refractivity contribution < 1.29 is 9.21 Å². The lowest BCUT2D eigenvalue weighted by atomic mass is 10.1. The maximum atomic E-state index is 12.6. The molecule has 3 rings (SSSR count). The number of hydrogen-bond donors (Lipinski definition) is 0. The Bertz CT molecular complexity index is 657. The molecule has 0 radical (unpaired) electrons. The van der Waals surface area contributed by atoms with Crippen molar-refractivity contribution in [3.05, 3.63) is 58.5 Å². The molecule has 1 aliphatic rings. The predicted octanol–water partition coefficient (Wildman–Crippen LogP) is 3.66. The molecule has 0 aliphatic heterocycles. The van der Waals surface area contributed by atoms with E-state index in [4.69, 9.17) is 4.42 Å². The Morgan fingerprint density at radius 3 is 2.75 bits per heavy atom. The summed E-state index contributed by atoms with van der Waals surface area (Å²) in [4.78, 5) is 14.5. The van der Waals surface area contributed by atoms with E-state index in [1.807, 2.05) is 37.9 Å². The molecule has 20 heavy (non-hydrogen) atoms. The molecule has 0 spiro atoms. The predicted molar refractivity (Wildman–Crippen MR) is 77.8 cm³/mol. The van der Waals surface area contributed by atoms with E-state index in [0.29, 0.717) is 11.3 Å². The number of carbonyl (C=O) groups is 1. The molecule has 104 valence electrons. The van der Waals surface area contributed by atoms with Gasteiger partial charge in [0.1, 0.15) is 11.5 Å². The summed E-state index contributed by atoms with van der Waals surface area (Å²) in [6, 6.07) is 10.4. The topological polar surface area (TPSA) is 33.5 Å². The van der Waals surface area contributed by atoms with Gasteiger partial charge in [0.2, 0.25) is 0 Å². The Balaban J connectivity index is 1.89. The van der Waals surface area contributed by atoms with Crippen LogP contribution in [0.4, 0.5) is 0 Å². The smallest absolute Gasteiger partial charge is 0.257 e. The van der Waals surface area contributed by atoms with Gasteiger partial charge in [-0.05, 0) is 43.9 Å². The van der Waals surface area contributed by atoms with E-state index >= 15 is 0 Å². The Labute approximate surface area is 119 Å². The normalized spacial score (nSPS) is 17.1. The van der Waals surface area contributed by atoms with E-state index in [2.05, 4.69) is 18.2 Å². The molecule has 0 unspecified atom stereocenters. The van der Waals surface area contributed by atoms with Crippen LogP contribution in [0.1, 0.15) is 45.5 Å². The van der Waals surface area contributed by atoms with E-state index in [9.17, 15) is 4.79 Å². The molecule has 1 aromatic carbocycles. The summed E-state index contributed by atoms with van der Waals surface area (Å²) >= 11 is 0. The number of carbonyl (C=O) groups excluding carboxylic acids is 1. The molecule has 1 atom stereocenters. The van der Waals surface area contributed by atoms with Crippen LogP contribution >= 0.6 is 0 Å². The number of hydrogen-bond acceptors (Lipinski definition) is 2. The number of aryl methyl sites for hydroxylation is 3. The first-order valence-electron chi connectivity index (χ1n) is 7.00. The van der Waals surface area contributed by atoms with Crippen LogP contribution in [0.5, 0.6) is 0 Å². The number of amides is 1. The van der Waals surface area contributed by atoms with E-state index in [1.54, 1.807) is 0 Å². The van der Waals surface area contributed by atoms with Crippen molar-refractivity contribution in [2.24, 2.45) is 0 Å². The van der Waals surface area contributed by atoms with Crippen LogP contribution in [0.3, 0.4) is 0 Å². The van der Waals surface area contributed by atoms with Crippen molar-refractivity contribution >= 4 is 5.91 Å².